The minimum Gasteiger partial charge on any atom is -0.494 e. The fraction of sp³-hybridized carbons (Fsp3) is 0.192. The second-order valence-corrected chi connectivity index (χ2v) is 7.04. The van der Waals surface area contributed by atoms with Crippen molar-refractivity contribution in [2.45, 2.75) is 6.92 Å². The van der Waals surface area contributed by atoms with Crippen LogP contribution in [0, 0.1) is 0 Å². The molecule has 0 bridgehead atoms. The number of benzene rings is 3. The molecule has 8 heteroatoms. The highest BCUT2D eigenvalue weighted by Gasteiger charge is 2.16. The molecule has 0 aliphatic carbocycles. The molecule has 0 aromatic heterocycles. The van der Waals surface area contributed by atoms with E-state index in [1.54, 1.807) is 72.8 Å². The number of carbonyl (C=O) groups is 3. The summed E-state index contributed by atoms with van der Waals surface area (Å²) in [5.74, 6) is -0.130. The predicted octanol–water partition coefficient (Wildman–Crippen LogP) is 3.69. The summed E-state index contributed by atoms with van der Waals surface area (Å²) in [5.41, 5.74) is 0.904. The van der Waals surface area contributed by atoms with Crippen molar-refractivity contribution in [3.05, 3.63) is 90.0 Å². The van der Waals surface area contributed by atoms with Gasteiger partial charge in [-0.3, -0.25) is 9.59 Å². The van der Waals surface area contributed by atoms with Gasteiger partial charge in [0.15, 0.2) is 6.61 Å². The van der Waals surface area contributed by atoms with Gasteiger partial charge in [0.1, 0.15) is 18.1 Å². The van der Waals surface area contributed by atoms with Crippen LogP contribution in [0.2, 0.25) is 0 Å². The average Bonchev–Trinajstić information content (AvgIpc) is 2.87. The minimum atomic E-state index is -0.718. The van der Waals surface area contributed by atoms with Crippen LogP contribution in [0.1, 0.15) is 27.6 Å². The fourth-order valence-electron chi connectivity index (χ4n) is 2.97. The molecule has 3 aromatic rings. The van der Waals surface area contributed by atoms with E-state index in [0.29, 0.717) is 23.6 Å². The van der Waals surface area contributed by atoms with Crippen molar-refractivity contribution in [2.75, 3.05) is 31.7 Å². The van der Waals surface area contributed by atoms with Crippen LogP contribution in [-0.4, -0.2) is 44.1 Å². The summed E-state index contributed by atoms with van der Waals surface area (Å²) in [7, 11) is 0. The summed E-state index contributed by atoms with van der Waals surface area (Å²) >= 11 is 0. The number of ether oxygens (including phenoxy) is 3. The van der Waals surface area contributed by atoms with Gasteiger partial charge in [0.05, 0.1) is 24.4 Å². The summed E-state index contributed by atoms with van der Waals surface area (Å²) in [6.45, 7) is 2.54. The second kappa shape index (κ2) is 12.6. The highest BCUT2D eigenvalue weighted by molar-refractivity contribution is 6.08. The lowest BCUT2D eigenvalue weighted by atomic mass is 10.1. The number of nitrogens with one attached hydrogen (secondary N) is 2. The van der Waals surface area contributed by atoms with Gasteiger partial charge in [-0.15, -0.1) is 0 Å². The topological polar surface area (TPSA) is 103 Å². The number of esters is 1. The van der Waals surface area contributed by atoms with E-state index in [1.807, 2.05) is 6.92 Å². The van der Waals surface area contributed by atoms with Crippen LogP contribution in [0.25, 0.3) is 0 Å². The molecule has 0 atom stereocenters. The zero-order chi connectivity index (χ0) is 24.2. The van der Waals surface area contributed by atoms with Crippen molar-refractivity contribution < 1.29 is 28.6 Å². The maximum absolute atomic E-state index is 12.5. The summed E-state index contributed by atoms with van der Waals surface area (Å²) in [4.78, 5) is 36.9. The van der Waals surface area contributed by atoms with Crippen LogP contribution in [-0.2, 0) is 9.53 Å². The van der Waals surface area contributed by atoms with Gasteiger partial charge in [-0.25, -0.2) is 4.79 Å². The van der Waals surface area contributed by atoms with E-state index in [-0.39, 0.29) is 24.6 Å². The van der Waals surface area contributed by atoms with Gasteiger partial charge in [0, 0.05) is 5.56 Å². The van der Waals surface area contributed by atoms with Crippen molar-refractivity contribution in [3.8, 4) is 11.5 Å². The maximum atomic E-state index is 12.5. The maximum Gasteiger partial charge on any atom is 0.340 e. The Bertz CT molecular complexity index is 1100. The molecule has 0 unspecified atom stereocenters. The first-order valence-electron chi connectivity index (χ1n) is 10.8. The van der Waals surface area contributed by atoms with Gasteiger partial charge in [0.25, 0.3) is 11.8 Å². The van der Waals surface area contributed by atoms with Crippen LogP contribution in [0.4, 0.5) is 5.69 Å². The lowest BCUT2D eigenvalue weighted by molar-refractivity contribution is -0.124. The third-order valence-corrected chi connectivity index (χ3v) is 4.59. The third-order valence-electron chi connectivity index (χ3n) is 4.59. The van der Waals surface area contributed by atoms with E-state index in [1.165, 1.54) is 6.07 Å². The highest BCUT2D eigenvalue weighted by Crippen LogP contribution is 2.18. The van der Waals surface area contributed by atoms with Crippen molar-refractivity contribution >= 4 is 23.5 Å². The molecule has 2 N–H and O–H groups in total. The smallest absolute Gasteiger partial charge is 0.340 e. The Morgan fingerprint density at radius 1 is 0.794 bits per heavy atom. The van der Waals surface area contributed by atoms with E-state index in [9.17, 15) is 14.4 Å². The number of hydrogen-bond donors (Lipinski definition) is 2. The Morgan fingerprint density at radius 2 is 1.44 bits per heavy atom. The lowest BCUT2D eigenvalue weighted by Gasteiger charge is -2.11. The summed E-state index contributed by atoms with van der Waals surface area (Å²) in [6, 6.07) is 22.2. The molecule has 0 spiro atoms. The van der Waals surface area contributed by atoms with Crippen LogP contribution in [0.15, 0.2) is 78.9 Å². The molecule has 34 heavy (non-hydrogen) atoms. The van der Waals surface area contributed by atoms with E-state index in [0.717, 1.165) is 5.75 Å². The molecule has 0 radical (unpaired) electrons. The van der Waals surface area contributed by atoms with Crippen molar-refractivity contribution in [3.63, 3.8) is 0 Å². The minimum absolute atomic E-state index is 0.151. The Kier molecular flexibility index (Phi) is 9.04. The quantitative estimate of drug-likeness (QED) is 0.333. The molecule has 0 aliphatic rings. The first kappa shape index (κ1) is 24.3. The number of anilines is 1. The standard InChI is InChI=1S/C26H26N2O6/c1-2-32-20-12-14-21(15-13-20)33-17-16-27-24(29)18-34-26(31)22-10-6-7-11-23(22)28-25(30)19-8-4-3-5-9-19/h3-15H,2,16-18H2,1H3,(H,27,29)(H,28,30). The zero-order valence-corrected chi connectivity index (χ0v) is 18.8. The molecular formula is C26H26N2O6. The zero-order valence-electron chi connectivity index (χ0n) is 18.8. The Balaban J connectivity index is 1.42. The van der Waals surface area contributed by atoms with Crippen molar-refractivity contribution in [2.24, 2.45) is 0 Å². The normalized spacial score (nSPS) is 10.1. The molecule has 176 valence electrons. The Labute approximate surface area is 197 Å². The number of hydrogen-bond acceptors (Lipinski definition) is 6. The lowest BCUT2D eigenvalue weighted by Crippen LogP contribution is -2.32. The molecule has 8 nitrogen and oxygen atoms in total. The van der Waals surface area contributed by atoms with Gasteiger partial charge in [-0.05, 0) is 55.5 Å². The fourth-order valence-corrected chi connectivity index (χ4v) is 2.97. The van der Waals surface area contributed by atoms with Gasteiger partial charge in [-0.1, -0.05) is 30.3 Å². The first-order chi connectivity index (χ1) is 16.6. The number of rotatable bonds is 11. The third kappa shape index (κ3) is 7.37. The Hall–Kier alpha value is -4.33. The molecule has 0 heterocycles. The first-order valence-corrected chi connectivity index (χ1v) is 10.8. The van der Waals surface area contributed by atoms with Crippen LogP contribution in [0.3, 0.4) is 0 Å². The molecule has 3 aromatic carbocycles. The molecule has 2 amide bonds. The molecule has 0 fully saturated rings. The number of para-hydroxylation sites is 1. The molecular weight excluding hydrogens is 436 g/mol. The van der Waals surface area contributed by atoms with Gasteiger partial charge >= 0.3 is 5.97 Å². The largest absolute Gasteiger partial charge is 0.494 e. The van der Waals surface area contributed by atoms with E-state index in [4.69, 9.17) is 14.2 Å². The van der Waals surface area contributed by atoms with E-state index >= 15 is 0 Å². The molecule has 0 saturated heterocycles. The number of carbonyl (C=O) groups excluding carboxylic acids is 3. The monoisotopic (exact) mass is 462 g/mol. The Morgan fingerprint density at radius 3 is 2.15 bits per heavy atom. The van der Waals surface area contributed by atoms with Gasteiger partial charge in [0.2, 0.25) is 0 Å². The van der Waals surface area contributed by atoms with Crippen LogP contribution in [0.5, 0.6) is 11.5 Å². The van der Waals surface area contributed by atoms with Gasteiger partial charge < -0.3 is 24.8 Å². The van der Waals surface area contributed by atoms with Crippen LogP contribution >= 0.6 is 0 Å². The summed E-state index contributed by atoms with van der Waals surface area (Å²) in [6.07, 6.45) is 0. The van der Waals surface area contributed by atoms with E-state index in [2.05, 4.69) is 10.6 Å². The van der Waals surface area contributed by atoms with Crippen molar-refractivity contribution in [1.29, 1.82) is 0 Å². The SMILES string of the molecule is CCOc1ccc(OCCNC(=O)COC(=O)c2ccccc2NC(=O)c2ccccc2)cc1. The molecule has 0 saturated carbocycles. The van der Waals surface area contributed by atoms with Gasteiger partial charge in [-0.2, -0.15) is 0 Å². The number of amides is 2. The second-order valence-electron chi connectivity index (χ2n) is 7.04. The van der Waals surface area contributed by atoms with E-state index < -0.39 is 18.5 Å². The van der Waals surface area contributed by atoms with Crippen molar-refractivity contribution in [1.82, 2.24) is 5.32 Å². The molecule has 3 rings (SSSR count). The summed E-state index contributed by atoms with van der Waals surface area (Å²) in [5, 5.41) is 5.32. The van der Waals surface area contributed by atoms with Crippen LogP contribution < -0.4 is 20.1 Å². The predicted molar refractivity (Wildman–Crippen MR) is 127 cm³/mol. The highest BCUT2D eigenvalue weighted by atomic mass is 16.5. The average molecular weight is 463 g/mol. The molecule has 0 aliphatic heterocycles. The summed E-state index contributed by atoms with van der Waals surface area (Å²) < 4.78 is 16.0.